The minimum Gasteiger partial charge on any atom is -0.487 e. The number of rotatable bonds is 6. The fourth-order valence-electron chi connectivity index (χ4n) is 3.95. The zero-order valence-electron chi connectivity index (χ0n) is 21.5. The van der Waals surface area contributed by atoms with Gasteiger partial charge in [0.05, 0.1) is 13.2 Å². The molecule has 194 valence electrons. The predicted molar refractivity (Wildman–Crippen MR) is 138 cm³/mol. The predicted octanol–water partition coefficient (Wildman–Crippen LogP) is 3.02. The summed E-state index contributed by atoms with van der Waals surface area (Å²) in [6, 6.07) is 7.52. The highest BCUT2D eigenvalue weighted by molar-refractivity contribution is 7.89. The Morgan fingerprint density at radius 3 is 2.58 bits per heavy atom. The zero-order valence-corrected chi connectivity index (χ0v) is 22.3. The van der Waals surface area contributed by atoms with E-state index < -0.39 is 22.2 Å². The van der Waals surface area contributed by atoms with Gasteiger partial charge in [-0.1, -0.05) is 32.6 Å². The summed E-state index contributed by atoms with van der Waals surface area (Å²) in [6.07, 6.45) is 3.35. The van der Waals surface area contributed by atoms with Crippen molar-refractivity contribution in [2.45, 2.75) is 51.2 Å². The number of aliphatic hydroxyl groups is 1. The second-order valence-corrected chi connectivity index (χ2v) is 11.6. The molecular formula is C27H35N3O5S. The topological polar surface area (TPSA) is 100 Å². The molecule has 9 heteroatoms. The lowest BCUT2D eigenvalue weighted by Gasteiger charge is -2.37. The minimum absolute atomic E-state index is 0.0252. The van der Waals surface area contributed by atoms with Crippen molar-refractivity contribution in [2.75, 3.05) is 26.7 Å². The van der Waals surface area contributed by atoms with Crippen LogP contribution in [0.3, 0.4) is 0 Å². The monoisotopic (exact) mass is 513 g/mol. The average Bonchev–Trinajstić information content (AvgIpc) is 2.85. The molecule has 2 aromatic rings. The van der Waals surface area contributed by atoms with Crippen LogP contribution >= 0.6 is 0 Å². The molecule has 1 aromatic heterocycles. The van der Waals surface area contributed by atoms with Crippen molar-refractivity contribution in [3.63, 3.8) is 0 Å². The van der Waals surface area contributed by atoms with Gasteiger partial charge in [-0.3, -0.25) is 9.78 Å². The van der Waals surface area contributed by atoms with Gasteiger partial charge in [0.25, 0.3) is 5.91 Å². The number of pyridine rings is 1. The van der Waals surface area contributed by atoms with E-state index in [2.05, 4.69) is 30.7 Å². The molecule has 0 saturated carbocycles. The molecule has 1 aromatic carbocycles. The number of ether oxygens (including phenoxy) is 1. The van der Waals surface area contributed by atoms with E-state index in [9.17, 15) is 18.3 Å². The number of aliphatic hydroxyl groups excluding tert-OH is 1. The Morgan fingerprint density at radius 2 is 1.94 bits per heavy atom. The first kappa shape index (κ1) is 27.7. The normalized spacial score (nSPS) is 20.2. The Balaban J connectivity index is 2.00. The van der Waals surface area contributed by atoms with E-state index in [0.717, 1.165) is 6.42 Å². The summed E-state index contributed by atoms with van der Waals surface area (Å²) in [6.45, 7) is 7.79. The summed E-state index contributed by atoms with van der Waals surface area (Å²) in [5.74, 6) is 6.38. The molecule has 1 N–H and O–H groups in total. The second-order valence-electron chi connectivity index (χ2n) is 9.72. The van der Waals surface area contributed by atoms with Crippen LogP contribution in [0.4, 0.5) is 0 Å². The van der Waals surface area contributed by atoms with E-state index in [1.807, 2.05) is 6.92 Å². The molecule has 1 aliphatic rings. The molecule has 0 spiro atoms. The average molecular weight is 514 g/mol. The molecule has 1 amide bonds. The molecule has 8 nitrogen and oxygen atoms in total. The Morgan fingerprint density at radius 1 is 1.25 bits per heavy atom. The highest BCUT2D eigenvalue weighted by atomic mass is 32.2. The summed E-state index contributed by atoms with van der Waals surface area (Å²) < 4.78 is 34.8. The number of carbonyl (C=O) groups excluding carboxylic acids is 1. The van der Waals surface area contributed by atoms with Crippen LogP contribution in [0.2, 0.25) is 0 Å². The summed E-state index contributed by atoms with van der Waals surface area (Å²) in [5, 5.41) is 9.80. The van der Waals surface area contributed by atoms with Crippen molar-refractivity contribution in [2.24, 2.45) is 11.8 Å². The molecule has 3 atom stereocenters. The Kier molecular flexibility index (Phi) is 9.12. The Hall–Kier alpha value is -2.93. The number of amides is 1. The Bertz CT molecular complexity index is 1220. The van der Waals surface area contributed by atoms with E-state index in [1.54, 1.807) is 55.5 Å². The van der Waals surface area contributed by atoms with Crippen molar-refractivity contribution in [1.82, 2.24) is 14.2 Å². The van der Waals surface area contributed by atoms with Gasteiger partial charge in [-0.05, 0) is 43.2 Å². The summed E-state index contributed by atoms with van der Waals surface area (Å²) >= 11 is 0. The smallest absolute Gasteiger partial charge is 0.253 e. The first-order valence-electron chi connectivity index (χ1n) is 12.1. The summed E-state index contributed by atoms with van der Waals surface area (Å²) in [5.41, 5.74) is 1.16. The third kappa shape index (κ3) is 6.44. The molecule has 0 saturated heterocycles. The number of carbonyl (C=O) groups is 1. The van der Waals surface area contributed by atoms with Gasteiger partial charge >= 0.3 is 0 Å². The van der Waals surface area contributed by atoms with Gasteiger partial charge in [0.15, 0.2) is 0 Å². The maximum Gasteiger partial charge on any atom is 0.253 e. The van der Waals surface area contributed by atoms with Crippen LogP contribution in [-0.2, 0) is 10.0 Å². The molecular weight excluding hydrogens is 478 g/mol. The van der Waals surface area contributed by atoms with Crippen LogP contribution < -0.4 is 4.74 Å². The lowest BCUT2D eigenvalue weighted by Crippen LogP contribution is -2.50. The third-order valence-corrected chi connectivity index (χ3v) is 8.16. The molecule has 0 radical (unpaired) electrons. The van der Waals surface area contributed by atoms with E-state index in [0.29, 0.717) is 17.0 Å². The first-order chi connectivity index (χ1) is 17.0. The maximum absolute atomic E-state index is 13.6. The van der Waals surface area contributed by atoms with Crippen molar-refractivity contribution < 1.29 is 23.1 Å². The van der Waals surface area contributed by atoms with Gasteiger partial charge in [-0.15, -0.1) is 0 Å². The summed E-state index contributed by atoms with van der Waals surface area (Å²) in [4.78, 5) is 18.5. The maximum atomic E-state index is 13.6. The van der Waals surface area contributed by atoms with E-state index in [4.69, 9.17) is 4.74 Å². The molecule has 36 heavy (non-hydrogen) atoms. The standard InChI is InChI=1S/C27H35N3O5S/c1-19(2)7-6-8-22-9-10-26-24(15-22)35-25(17-29(5)27(32)23-11-13-28-14-12-23)20(3)16-30(21(4)18-31)36(26,33)34/h9-15,19-21,25,31H,7,16-18H2,1-5H3/t20-,21-,25+/m0/s1. The van der Waals surface area contributed by atoms with Gasteiger partial charge in [0, 0.05) is 55.5 Å². The number of sulfonamides is 1. The molecule has 1 aliphatic heterocycles. The molecule has 0 aliphatic carbocycles. The van der Waals surface area contributed by atoms with Crippen LogP contribution in [0, 0.1) is 23.7 Å². The zero-order chi connectivity index (χ0) is 26.5. The molecule has 0 bridgehead atoms. The largest absolute Gasteiger partial charge is 0.487 e. The van der Waals surface area contributed by atoms with Gasteiger partial charge < -0.3 is 14.7 Å². The van der Waals surface area contributed by atoms with Crippen molar-refractivity contribution in [1.29, 1.82) is 0 Å². The summed E-state index contributed by atoms with van der Waals surface area (Å²) in [7, 11) is -2.24. The van der Waals surface area contributed by atoms with E-state index in [-0.39, 0.29) is 42.2 Å². The number of fused-ring (bicyclic) bond motifs is 1. The molecule has 0 unspecified atom stereocenters. The lowest BCUT2D eigenvalue weighted by molar-refractivity contribution is 0.0563. The lowest BCUT2D eigenvalue weighted by atomic mass is 10.0. The Labute approximate surface area is 214 Å². The number of aromatic nitrogens is 1. The highest BCUT2D eigenvalue weighted by Gasteiger charge is 2.38. The van der Waals surface area contributed by atoms with Crippen LogP contribution in [0.25, 0.3) is 0 Å². The van der Waals surface area contributed by atoms with Crippen molar-refractivity contribution in [3.8, 4) is 17.6 Å². The van der Waals surface area contributed by atoms with Crippen LogP contribution in [-0.4, -0.2) is 72.5 Å². The quantitative estimate of drug-likeness (QED) is 0.596. The van der Waals surface area contributed by atoms with Crippen LogP contribution in [0.5, 0.6) is 5.75 Å². The third-order valence-electron chi connectivity index (χ3n) is 6.14. The van der Waals surface area contributed by atoms with Crippen LogP contribution in [0.1, 0.15) is 50.0 Å². The first-order valence-corrected chi connectivity index (χ1v) is 13.6. The fraction of sp³-hybridized carbons (Fsp3) is 0.481. The van der Waals surface area contributed by atoms with E-state index in [1.165, 1.54) is 10.4 Å². The van der Waals surface area contributed by atoms with Gasteiger partial charge in [0.1, 0.15) is 16.7 Å². The van der Waals surface area contributed by atoms with Crippen LogP contribution in [0.15, 0.2) is 47.6 Å². The molecule has 3 rings (SSSR count). The highest BCUT2D eigenvalue weighted by Crippen LogP contribution is 2.34. The number of likely N-dealkylation sites (N-methyl/N-ethyl adjacent to an activating group) is 1. The van der Waals surface area contributed by atoms with Crippen molar-refractivity contribution >= 4 is 15.9 Å². The van der Waals surface area contributed by atoms with E-state index >= 15 is 0 Å². The number of hydrogen-bond donors (Lipinski definition) is 1. The molecule has 2 heterocycles. The van der Waals surface area contributed by atoms with Gasteiger partial charge in [-0.2, -0.15) is 4.31 Å². The number of hydrogen-bond acceptors (Lipinski definition) is 6. The fourth-order valence-corrected chi connectivity index (χ4v) is 5.77. The number of benzene rings is 1. The van der Waals surface area contributed by atoms with Crippen molar-refractivity contribution in [3.05, 3.63) is 53.9 Å². The van der Waals surface area contributed by atoms with Gasteiger partial charge in [0.2, 0.25) is 10.0 Å². The SMILES string of the molecule is CC(C)CC#Cc1ccc2c(c1)O[C@H](CN(C)C(=O)c1ccncc1)[C@@H](C)CN([C@@H](C)CO)S2(=O)=O. The van der Waals surface area contributed by atoms with Gasteiger partial charge in [-0.25, -0.2) is 8.42 Å². The number of nitrogens with zero attached hydrogens (tertiary/aromatic N) is 3. The minimum atomic E-state index is -3.94. The second kappa shape index (κ2) is 11.9. The molecule has 0 fully saturated rings.